The number of nitro benzene ring substituents is 1. The Hall–Kier alpha value is -3.61. The number of aryl methyl sites for hydroxylation is 1. The number of furan rings is 1. The normalized spacial score (nSPS) is 18.2. The van der Waals surface area contributed by atoms with E-state index < -0.39 is 4.92 Å². The van der Waals surface area contributed by atoms with Crippen LogP contribution in [0, 0.1) is 17.0 Å². The van der Waals surface area contributed by atoms with E-state index in [9.17, 15) is 14.9 Å². The molecule has 1 aromatic heterocycles. The third-order valence-corrected chi connectivity index (χ3v) is 8.54. The van der Waals surface area contributed by atoms with Gasteiger partial charge in [0.1, 0.15) is 5.76 Å². The fourth-order valence-electron chi connectivity index (χ4n) is 5.84. The molecule has 7 heteroatoms. The Labute approximate surface area is 224 Å². The number of hydrogen-bond acceptors (Lipinski definition) is 5. The third kappa shape index (κ3) is 4.94. The number of anilines is 1. The van der Waals surface area contributed by atoms with Gasteiger partial charge in [0.05, 0.1) is 4.92 Å². The van der Waals surface area contributed by atoms with Gasteiger partial charge in [0.2, 0.25) is 0 Å². The topological polar surface area (TPSA) is 79.8 Å². The molecule has 1 aliphatic carbocycles. The van der Waals surface area contributed by atoms with E-state index in [1.54, 1.807) is 18.2 Å². The first-order chi connectivity index (χ1) is 17.9. The van der Waals surface area contributed by atoms with Gasteiger partial charge in [0.15, 0.2) is 5.76 Å². The average molecular weight is 516 g/mol. The Morgan fingerprint density at radius 2 is 1.53 bits per heavy atom. The monoisotopic (exact) mass is 515 g/mol. The molecule has 7 nitrogen and oxygen atoms in total. The largest absolute Gasteiger partial charge is 0.456 e. The number of fused-ring (bicyclic) bond motifs is 1. The second-order valence-corrected chi connectivity index (χ2v) is 12.1. The number of non-ortho nitro benzene ring substituents is 1. The molecule has 0 atom stereocenters. The lowest BCUT2D eigenvalue weighted by molar-refractivity contribution is -0.384. The highest BCUT2D eigenvalue weighted by Crippen LogP contribution is 2.46. The third-order valence-electron chi connectivity index (χ3n) is 8.54. The highest BCUT2D eigenvalue weighted by molar-refractivity contribution is 5.91. The number of amides is 1. The summed E-state index contributed by atoms with van der Waals surface area (Å²) < 4.78 is 6.07. The van der Waals surface area contributed by atoms with Crippen LogP contribution in [0.25, 0.3) is 0 Å². The summed E-state index contributed by atoms with van der Waals surface area (Å²) in [6.07, 6.45) is 3.03. The molecule has 0 spiro atoms. The summed E-state index contributed by atoms with van der Waals surface area (Å²) in [4.78, 5) is 27.7. The van der Waals surface area contributed by atoms with Gasteiger partial charge >= 0.3 is 0 Å². The van der Waals surface area contributed by atoms with Crippen LogP contribution in [0.2, 0.25) is 0 Å². The summed E-state index contributed by atoms with van der Waals surface area (Å²) in [5.41, 5.74) is 6.74. The number of carbonyl (C=O) groups is 1. The number of nitrogens with zero attached hydrogens (tertiary/aromatic N) is 3. The molecule has 1 aliphatic heterocycles. The van der Waals surface area contributed by atoms with Gasteiger partial charge in [-0.05, 0) is 77.1 Å². The Bertz CT molecular complexity index is 1360. The number of hydrogen-bond donors (Lipinski definition) is 0. The van der Waals surface area contributed by atoms with Gasteiger partial charge in [-0.2, -0.15) is 0 Å². The zero-order valence-electron chi connectivity index (χ0n) is 23.0. The van der Waals surface area contributed by atoms with E-state index in [4.69, 9.17) is 4.42 Å². The smallest absolute Gasteiger partial charge is 0.289 e. The Morgan fingerprint density at radius 3 is 2.13 bits per heavy atom. The summed E-state index contributed by atoms with van der Waals surface area (Å²) in [5, 5.41) is 10.9. The van der Waals surface area contributed by atoms with Crippen LogP contribution < -0.4 is 4.90 Å². The quantitative estimate of drug-likeness (QED) is 0.290. The molecular weight excluding hydrogens is 478 g/mol. The Balaban J connectivity index is 1.25. The molecule has 1 saturated heterocycles. The van der Waals surface area contributed by atoms with Gasteiger partial charge in [0, 0.05) is 50.4 Å². The zero-order chi connectivity index (χ0) is 27.2. The first-order valence-corrected chi connectivity index (χ1v) is 13.5. The second kappa shape index (κ2) is 9.61. The van der Waals surface area contributed by atoms with Crippen LogP contribution in [-0.2, 0) is 17.3 Å². The highest BCUT2D eigenvalue weighted by atomic mass is 16.6. The van der Waals surface area contributed by atoms with Crippen LogP contribution in [-0.4, -0.2) is 41.9 Å². The molecule has 0 bridgehead atoms. The molecule has 38 heavy (non-hydrogen) atoms. The van der Waals surface area contributed by atoms with Crippen molar-refractivity contribution in [3.63, 3.8) is 0 Å². The van der Waals surface area contributed by atoms with Crippen molar-refractivity contribution in [1.82, 2.24) is 4.90 Å². The minimum absolute atomic E-state index is 0.0781. The molecule has 1 fully saturated rings. The van der Waals surface area contributed by atoms with Crippen molar-refractivity contribution in [2.24, 2.45) is 0 Å². The number of nitro groups is 1. The number of carbonyl (C=O) groups excluding carboxylic acids is 1. The van der Waals surface area contributed by atoms with E-state index in [1.807, 2.05) is 11.0 Å². The van der Waals surface area contributed by atoms with Crippen molar-refractivity contribution in [3.05, 3.63) is 92.4 Å². The lowest BCUT2D eigenvalue weighted by Crippen LogP contribution is -2.48. The average Bonchev–Trinajstić information content (AvgIpc) is 3.36. The van der Waals surface area contributed by atoms with Crippen LogP contribution in [0.5, 0.6) is 0 Å². The van der Waals surface area contributed by atoms with Gasteiger partial charge in [-0.25, -0.2) is 0 Å². The van der Waals surface area contributed by atoms with Crippen LogP contribution in [0.3, 0.4) is 0 Å². The SMILES string of the molecule is Cc1cc2c(cc1Cc1ccc(C(=O)N3CCN(c4ccc([N+](=O)[O-])cc4)CC3)o1)C(C)(C)CCC2(C)C. The Morgan fingerprint density at radius 1 is 0.921 bits per heavy atom. The zero-order valence-corrected chi connectivity index (χ0v) is 23.0. The maximum Gasteiger partial charge on any atom is 0.289 e. The second-order valence-electron chi connectivity index (χ2n) is 12.1. The van der Waals surface area contributed by atoms with Crippen molar-refractivity contribution in [3.8, 4) is 0 Å². The van der Waals surface area contributed by atoms with Gasteiger partial charge < -0.3 is 14.2 Å². The molecule has 3 aromatic rings. The van der Waals surface area contributed by atoms with Crippen molar-refractivity contribution >= 4 is 17.3 Å². The van der Waals surface area contributed by atoms with E-state index in [0.29, 0.717) is 38.4 Å². The van der Waals surface area contributed by atoms with Crippen molar-refractivity contribution < 1.29 is 14.1 Å². The standard InChI is InChI=1S/C31H37N3O4/c1-21-18-26-27(31(4,5)13-12-30(26,2)3)20-22(21)19-25-10-11-28(38-25)29(35)33-16-14-32(15-17-33)23-6-8-24(9-7-23)34(36)37/h6-11,18,20H,12-17,19H2,1-5H3. The highest BCUT2D eigenvalue weighted by Gasteiger charge is 2.37. The molecule has 2 aromatic carbocycles. The molecule has 2 heterocycles. The van der Waals surface area contributed by atoms with Gasteiger partial charge in [-0.15, -0.1) is 0 Å². The maximum absolute atomic E-state index is 13.2. The van der Waals surface area contributed by atoms with Crippen molar-refractivity contribution in [1.29, 1.82) is 0 Å². The van der Waals surface area contributed by atoms with Crippen LogP contribution >= 0.6 is 0 Å². The van der Waals surface area contributed by atoms with Crippen molar-refractivity contribution in [2.75, 3.05) is 31.1 Å². The number of benzene rings is 2. The van der Waals surface area contributed by atoms with Crippen LogP contribution in [0.4, 0.5) is 11.4 Å². The molecular formula is C31H37N3O4. The van der Waals surface area contributed by atoms with Crippen LogP contribution in [0.1, 0.15) is 79.1 Å². The molecule has 0 N–H and O–H groups in total. The lowest BCUT2D eigenvalue weighted by Gasteiger charge is -2.42. The minimum Gasteiger partial charge on any atom is -0.456 e. The van der Waals surface area contributed by atoms with E-state index in [1.165, 1.54) is 47.2 Å². The minimum atomic E-state index is -0.396. The fraction of sp³-hybridized carbons (Fsp3) is 0.452. The van der Waals surface area contributed by atoms with E-state index in [-0.39, 0.29) is 22.4 Å². The Kier molecular flexibility index (Phi) is 6.58. The summed E-state index contributed by atoms with van der Waals surface area (Å²) in [6, 6.07) is 15.0. The summed E-state index contributed by atoms with van der Waals surface area (Å²) in [5.74, 6) is 1.08. The summed E-state index contributed by atoms with van der Waals surface area (Å²) in [6.45, 7) is 14.0. The first kappa shape index (κ1) is 26.0. The number of rotatable bonds is 5. The molecule has 1 amide bonds. The molecule has 0 radical (unpaired) electrons. The van der Waals surface area contributed by atoms with Crippen molar-refractivity contribution in [2.45, 2.75) is 64.7 Å². The predicted molar refractivity (Wildman–Crippen MR) is 149 cm³/mol. The van der Waals surface area contributed by atoms with E-state index >= 15 is 0 Å². The van der Waals surface area contributed by atoms with Gasteiger partial charge in [0.25, 0.3) is 11.6 Å². The summed E-state index contributed by atoms with van der Waals surface area (Å²) >= 11 is 0. The first-order valence-electron chi connectivity index (χ1n) is 13.5. The molecule has 0 unspecified atom stereocenters. The lowest BCUT2D eigenvalue weighted by atomic mass is 9.62. The molecule has 5 rings (SSSR count). The van der Waals surface area contributed by atoms with Gasteiger partial charge in [-0.3, -0.25) is 14.9 Å². The maximum atomic E-state index is 13.2. The predicted octanol–water partition coefficient (Wildman–Crippen LogP) is 6.40. The molecule has 200 valence electrons. The van der Waals surface area contributed by atoms with E-state index in [2.05, 4.69) is 51.7 Å². The van der Waals surface area contributed by atoms with E-state index in [0.717, 1.165) is 11.4 Å². The number of piperazine rings is 1. The van der Waals surface area contributed by atoms with Crippen LogP contribution in [0.15, 0.2) is 52.9 Å². The molecule has 0 saturated carbocycles. The van der Waals surface area contributed by atoms with Gasteiger partial charge in [-0.1, -0.05) is 39.8 Å². The molecule has 2 aliphatic rings. The fourth-order valence-corrected chi connectivity index (χ4v) is 5.84. The summed E-state index contributed by atoms with van der Waals surface area (Å²) in [7, 11) is 0.